The number of hydrogen-bond donors (Lipinski definition) is 1. The van der Waals surface area contributed by atoms with Crippen LogP contribution in [0.2, 0.25) is 0 Å². The van der Waals surface area contributed by atoms with Crippen LogP contribution in [0.5, 0.6) is 0 Å². The lowest BCUT2D eigenvalue weighted by molar-refractivity contribution is -0.137. The molecule has 5 nitrogen and oxygen atoms in total. The van der Waals surface area contributed by atoms with Gasteiger partial charge in [0.15, 0.2) is 5.82 Å². The van der Waals surface area contributed by atoms with Gasteiger partial charge in [-0.25, -0.2) is 15.0 Å². The highest BCUT2D eigenvalue weighted by Crippen LogP contribution is 2.31. The standard InChI is InChI=1S/C20H16F3N5/c1-12-3-6-15(7-4-12)26-16-9-10-24-19(27-16)18-13(2)25-17-8-5-14(11-28(17)18)20(21,22)23/h3-11H,1-2H3,(H,24,26,27). The summed E-state index contributed by atoms with van der Waals surface area (Å²) in [5.74, 6) is 0.830. The van der Waals surface area contributed by atoms with E-state index in [0.717, 1.165) is 23.5 Å². The molecule has 0 amide bonds. The zero-order chi connectivity index (χ0) is 19.9. The van der Waals surface area contributed by atoms with Gasteiger partial charge in [-0.15, -0.1) is 0 Å². The van der Waals surface area contributed by atoms with Gasteiger partial charge in [-0.2, -0.15) is 13.2 Å². The molecule has 0 aliphatic heterocycles. The maximum Gasteiger partial charge on any atom is 0.417 e. The Morgan fingerprint density at radius 2 is 1.68 bits per heavy atom. The largest absolute Gasteiger partial charge is 0.417 e. The second-order valence-corrected chi connectivity index (χ2v) is 6.45. The monoisotopic (exact) mass is 383 g/mol. The third-order valence-corrected chi connectivity index (χ3v) is 4.31. The van der Waals surface area contributed by atoms with Gasteiger partial charge in [0.2, 0.25) is 0 Å². The molecule has 3 aromatic heterocycles. The summed E-state index contributed by atoms with van der Waals surface area (Å²) in [7, 11) is 0. The van der Waals surface area contributed by atoms with Crippen LogP contribution in [0.3, 0.4) is 0 Å². The molecule has 1 aromatic carbocycles. The number of nitrogens with zero attached hydrogens (tertiary/aromatic N) is 4. The molecule has 0 radical (unpaired) electrons. The van der Waals surface area contributed by atoms with Crippen LogP contribution in [0, 0.1) is 13.8 Å². The second kappa shape index (κ2) is 6.63. The van der Waals surface area contributed by atoms with E-state index in [0.29, 0.717) is 28.7 Å². The molecule has 0 aliphatic carbocycles. The van der Waals surface area contributed by atoms with Gasteiger partial charge in [-0.3, -0.25) is 4.40 Å². The van der Waals surface area contributed by atoms with Gasteiger partial charge in [-0.1, -0.05) is 17.7 Å². The molecule has 0 atom stereocenters. The Morgan fingerprint density at radius 3 is 2.39 bits per heavy atom. The van der Waals surface area contributed by atoms with Crippen molar-refractivity contribution in [1.82, 2.24) is 19.4 Å². The third-order valence-electron chi connectivity index (χ3n) is 4.31. The molecule has 0 unspecified atom stereocenters. The molecular formula is C20H16F3N5. The topological polar surface area (TPSA) is 55.1 Å². The van der Waals surface area contributed by atoms with Gasteiger partial charge in [0, 0.05) is 18.1 Å². The van der Waals surface area contributed by atoms with Crippen molar-refractivity contribution < 1.29 is 13.2 Å². The summed E-state index contributed by atoms with van der Waals surface area (Å²) in [5.41, 5.74) is 2.61. The van der Waals surface area contributed by atoms with Crippen LogP contribution in [-0.2, 0) is 6.18 Å². The number of hydrogen-bond acceptors (Lipinski definition) is 4. The SMILES string of the molecule is Cc1ccc(Nc2ccnc(-c3c(C)nc4ccc(C(F)(F)F)cn34)n2)cc1. The van der Waals surface area contributed by atoms with Crippen molar-refractivity contribution in [1.29, 1.82) is 0 Å². The van der Waals surface area contributed by atoms with Crippen molar-refractivity contribution in [2.24, 2.45) is 0 Å². The zero-order valence-electron chi connectivity index (χ0n) is 15.1. The second-order valence-electron chi connectivity index (χ2n) is 6.45. The van der Waals surface area contributed by atoms with E-state index >= 15 is 0 Å². The Labute approximate surface area is 158 Å². The zero-order valence-corrected chi connectivity index (χ0v) is 15.1. The van der Waals surface area contributed by atoms with Crippen LogP contribution in [-0.4, -0.2) is 19.4 Å². The Hall–Kier alpha value is -3.42. The normalized spacial score (nSPS) is 11.8. The fourth-order valence-electron chi connectivity index (χ4n) is 2.93. The van der Waals surface area contributed by atoms with Crippen LogP contribution in [0.15, 0.2) is 54.9 Å². The quantitative estimate of drug-likeness (QED) is 0.530. The average Bonchev–Trinajstić information content (AvgIpc) is 2.98. The molecule has 8 heteroatoms. The van der Waals surface area contributed by atoms with Gasteiger partial charge >= 0.3 is 6.18 Å². The first-order chi connectivity index (χ1) is 13.3. The van der Waals surface area contributed by atoms with Crippen LogP contribution in [0.1, 0.15) is 16.8 Å². The molecule has 142 valence electrons. The summed E-state index contributed by atoms with van der Waals surface area (Å²) in [6.07, 6.45) is -1.86. The summed E-state index contributed by atoms with van der Waals surface area (Å²) < 4.78 is 40.7. The molecule has 1 N–H and O–H groups in total. The summed E-state index contributed by atoms with van der Waals surface area (Å²) in [6, 6.07) is 11.8. The Morgan fingerprint density at radius 1 is 0.929 bits per heavy atom. The lowest BCUT2D eigenvalue weighted by Crippen LogP contribution is -2.07. The summed E-state index contributed by atoms with van der Waals surface area (Å²) in [5, 5.41) is 3.18. The molecule has 4 aromatic rings. The van der Waals surface area contributed by atoms with Crippen LogP contribution in [0.25, 0.3) is 17.2 Å². The van der Waals surface area contributed by atoms with Gasteiger partial charge in [0.1, 0.15) is 17.2 Å². The highest BCUT2D eigenvalue weighted by atomic mass is 19.4. The first kappa shape index (κ1) is 18.0. The van der Waals surface area contributed by atoms with Gasteiger partial charge in [0.05, 0.1) is 11.3 Å². The number of aromatic nitrogens is 4. The molecular weight excluding hydrogens is 367 g/mol. The Balaban J connectivity index is 1.77. The van der Waals surface area contributed by atoms with E-state index in [4.69, 9.17) is 0 Å². The number of aryl methyl sites for hydroxylation is 2. The van der Waals surface area contributed by atoms with Crippen LogP contribution in [0.4, 0.5) is 24.7 Å². The molecule has 0 spiro atoms. The highest BCUT2D eigenvalue weighted by molar-refractivity contribution is 5.64. The minimum atomic E-state index is -4.45. The molecule has 0 saturated carbocycles. The summed E-state index contributed by atoms with van der Waals surface area (Å²) >= 11 is 0. The van der Waals surface area contributed by atoms with Gasteiger partial charge < -0.3 is 5.32 Å². The van der Waals surface area contributed by atoms with E-state index in [9.17, 15) is 13.2 Å². The first-order valence-corrected chi connectivity index (χ1v) is 8.54. The van der Waals surface area contributed by atoms with Gasteiger partial charge in [-0.05, 0) is 44.2 Å². The average molecular weight is 383 g/mol. The van der Waals surface area contributed by atoms with Crippen molar-refractivity contribution in [3.63, 3.8) is 0 Å². The van der Waals surface area contributed by atoms with Crippen molar-refractivity contribution >= 4 is 17.2 Å². The minimum absolute atomic E-state index is 0.293. The van der Waals surface area contributed by atoms with E-state index < -0.39 is 11.7 Å². The molecule has 0 saturated heterocycles. The number of alkyl halides is 3. The van der Waals surface area contributed by atoms with E-state index in [1.165, 1.54) is 10.5 Å². The number of imidazole rings is 1. The smallest absolute Gasteiger partial charge is 0.340 e. The highest BCUT2D eigenvalue weighted by Gasteiger charge is 2.31. The third kappa shape index (κ3) is 3.40. The molecule has 0 fully saturated rings. The molecule has 4 rings (SSSR count). The minimum Gasteiger partial charge on any atom is -0.340 e. The maximum absolute atomic E-state index is 13.1. The van der Waals surface area contributed by atoms with Crippen LogP contribution >= 0.6 is 0 Å². The predicted octanol–water partition coefficient (Wildman–Crippen LogP) is 5.17. The van der Waals surface area contributed by atoms with Crippen molar-refractivity contribution in [2.75, 3.05) is 5.32 Å². The Kier molecular flexibility index (Phi) is 4.26. The van der Waals surface area contributed by atoms with Crippen molar-refractivity contribution in [3.05, 3.63) is 71.7 Å². The van der Waals surface area contributed by atoms with Crippen molar-refractivity contribution in [3.8, 4) is 11.5 Å². The lowest BCUT2D eigenvalue weighted by atomic mass is 10.2. The first-order valence-electron chi connectivity index (χ1n) is 8.54. The number of rotatable bonds is 3. The predicted molar refractivity (Wildman–Crippen MR) is 100 cm³/mol. The summed E-state index contributed by atoms with van der Waals surface area (Å²) in [6.45, 7) is 3.72. The van der Waals surface area contributed by atoms with E-state index in [1.54, 1.807) is 19.2 Å². The fourth-order valence-corrected chi connectivity index (χ4v) is 2.93. The molecule has 28 heavy (non-hydrogen) atoms. The number of halogens is 3. The van der Waals surface area contributed by atoms with E-state index in [-0.39, 0.29) is 0 Å². The number of fused-ring (bicyclic) bond motifs is 1. The van der Waals surface area contributed by atoms with E-state index in [2.05, 4.69) is 20.3 Å². The maximum atomic E-state index is 13.1. The lowest BCUT2D eigenvalue weighted by Gasteiger charge is -2.09. The Bertz CT molecular complexity index is 1150. The number of benzene rings is 1. The summed E-state index contributed by atoms with van der Waals surface area (Å²) in [4.78, 5) is 13.0. The van der Waals surface area contributed by atoms with Crippen molar-refractivity contribution in [2.45, 2.75) is 20.0 Å². The number of nitrogens with one attached hydrogen (secondary N) is 1. The molecule has 3 heterocycles. The number of pyridine rings is 1. The number of anilines is 2. The molecule has 0 bridgehead atoms. The van der Waals surface area contributed by atoms with Gasteiger partial charge in [0.25, 0.3) is 0 Å². The van der Waals surface area contributed by atoms with E-state index in [1.807, 2.05) is 31.2 Å². The molecule has 0 aliphatic rings. The van der Waals surface area contributed by atoms with Crippen LogP contribution < -0.4 is 5.32 Å². The fraction of sp³-hybridized carbons (Fsp3) is 0.150.